The number of piperidine rings is 1. The van der Waals surface area contributed by atoms with Gasteiger partial charge in [0, 0.05) is 34.9 Å². The van der Waals surface area contributed by atoms with E-state index in [-0.39, 0.29) is 34.2 Å². The zero-order valence-corrected chi connectivity index (χ0v) is 18.4. The van der Waals surface area contributed by atoms with E-state index in [1.807, 2.05) is 6.92 Å². The number of carbonyl (C=O) groups excluding carboxylic acids is 1. The van der Waals surface area contributed by atoms with Crippen LogP contribution in [0.25, 0.3) is 0 Å². The molecule has 1 spiro atoms. The highest BCUT2D eigenvalue weighted by atomic mass is 16.5. The molecular weight excluding hydrogens is 324 g/mol. The fourth-order valence-corrected chi connectivity index (χ4v) is 5.63. The maximum absolute atomic E-state index is 13.6. The Kier molecular flexibility index (Phi) is 4.09. The maximum Gasteiger partial charge on any atom is 0.184 e. The molecule has 148 valence electrons. The molecule has 3 rings (SSSR count). The van der Waals surface area contributed by atoms with E-state index in [9.17, 15) is 4.79 Å². The summed E-state index contributed by atoms with van der Waals surface area (Å²) in [7, 11) is 0. The minimum atomic E-state index is -0.793. The predicted octanol–water partition coefficient (Wildman–Crippen LogP) is 3.95. The molecule has 3 aliphatic rings. The molecule has 0 aliphatic carbocycles. The summed E-state index contributed by atoms with van der Waals surface area (Å²) in [6.45, 7) is 21.7. The lowest BCUT2D eigenvalue weighted by Gasteiger charge is -2.60. The van der Waals surface area contributed by atoms with Crippen molar-refractivity contribution in [3.05, 3.63) is 11.3 Å². The summed E-state index contributed by atoms with van der Waals surface area (Å²) in [6, 6.07) is 0. The van der Waals surface area contributed by atoms with Crippen LogP contribution in [-0.4, -0.2) is 33.5 Å². The van der Waals surface area contributed by atoms with Crippen molar-refractivity contribution in [1.82, 2.24) is 10.6 Å². The average Bonchev–Trinajstić information content (AvgIpc) is 2.47. The van der Waals surface area contributed by atoms with Crippen LogP contribution >= 0.6 is 0 Å². The van der Waals surface area contributed by atoms with Crippen LogP contribution in [0.2, 0.25) is 0 Å². The Hall–Kier alpha value is -0.870. The van der Waals surface area contributed by atoms with Crippen LogP contribution in [0.3, 0.4) is 0 Å². The quantitative estimate of drug-likeness (QED) is 0.685. The van der Waals surface area contributed by atoms with E-state index in [1.54, 1.807) is 0 Å². The molecule has 0 unspecified atom stereocenters. The number of ketones is 1. The van der Waals surface area contributed by atoms with Crippen LogP contribution < -0.4 is 10.6 Å². The van der Waals surface area contributed by atoms with E-state index >= 15 is 0 Å². The predicted molar refractivity (Wildman–Crippen MR) is 106 cm³/mol. The van der Waals surface area contributed by atoms with Crippen molar-refractivity contribution < 1.29 is 9.53 Å². The van der Waals surface area contributed by atoms with Crippen molar-refractivity contribution >= 4 is 5.78 Å². The third-order valence-electron chi connectivity index (χ3n) is 7.69. The summed E-state index contributed by atoms with van der Waals surface area (Å²) < 4.78 is 6.82. The van der Waals surface area contributed by atoms with Crippen molar-refractivity contribution in [2.24, 2.45) is 11.8 Å². The molecule has 0 radical (unpaired) electrons. The lowest BCUT2D eigenvalue weighted by Crippen LogP contribution is -2.77. The number of nitrogens with one attached hydrogen (secondary N) is 2. The molecule has 0 bridgehead atoms. The number of hydrogen-bond donors (Lipinski definition) is 2. The molecule has 0 amide bonds. The summed E-state index contributed by atoms with van der Waals surface area (Å²) in [4.78, 5) is 13.6. The first kappa shape index (κ1) is 19.9. The highest BCUT2D eigenvalue weighted by Crippen LogP contribution is 2.52. The summed E-state index contributed by atoms with van der Waals surface area (Å²) in [5.74, 6) is 1.42. The van der Waals surface area contributed by atoms with Crippen LogP contribution in [0.4, 0.5) is 0 Å². The molecule has 0 aromatic heterocycles. The smallest absolute Gasteiger partial charge is 0.184 e. The Balaban J connectivity index is 2.11. The normalized spacial score (nSPS) is 40.2. The molecule has 1 saturated heterocycles. The second-order valence-electron chi connectivity index (χ2n) is 11.0. The molecule has 3 heterocycles. The van der Waals surface area contributed by atoms with Gasteiger partial charge in [0.2, 0.25) is 0 Å². The lowest BCUT2D eigenvalue weighted by molar-refractivity contribution is -0.175. The third kappa shape index (κ3) is 2.51. The molecule has 3 atom stereocenters. The first-order chi connectivity index (χ1) is 11.6. The van der Waals surface area contributed by atoms with E-state index in [0.29, 0.717) is 0 Å². The summed E-state index contributed by atoms with van der Waals surface area (Å²) in [6.07, 6.45) is 1.64. The highest BCUT2D eigenvalue weighted by Gasteiger charge is 2.64. The van der Waals surface area contributed by atoms with Gasteiger partial charge in [0.15, 0.2) is 11.4 Å². The van der Waals surface area contributed by atoms with Crippen LogP contribution in [0, 0.1) is 11.8 Å². The van der Waals surface area contributed by atoms with Gasteiger partial charge in [0.1, 0.15) is 5.76 Å². The zero-order valence-electron chi connectivity index (χ0n) is 18.4. The second kappa shape index (κ2) is 5.35. The lowest BCUT2D eigenvalue weighted by atomic mass is 9.61. The molecular formula is C22H38N2O2. The summed E-state index contributed by atoms with van der Waals surface area (Å²) in [5.41, 5.74) is -0.317. The minimum Gasteiger partial charge on any atom is -0.482 e. The van der Waals surface area contributed by atoms with Crippen LogP contribution in [0.1, 0.15) is 82.1 Å². The molecule has 26 heavy (non-hydrogen) atoms. The molecule has 4 heteroatoms. The van der Waals surface area contributed by atoms with Gasteiger partial charge in [-0.2, -0.15) is 0 Å². The van der Waals surface area contributed by atoms with Gasteiger partial charge in [-0.25, -0.2) is 0 Å². The van der Waals surface area contributed by atoms with E-state index in [4.69, 9.17) is 4.74 Å². The van der Waals surface area contributed by atoms with Crippen molar-refractivity contribution in [1.29, 1.82) is 0 Å². The zero-order chi connectivity index (χ0) is 19.9. The van der Waals surface area contributed by atoms with Crippen molar-refractivity contribution in [3.8, 4) is 0 Å². The van der Waals surface area contributed by atoms with Crippen LogP contribution in [0.15, 0.2) is 11.3 Å². The Bertz CT molecular complexity index is 672. The fraction of sp³-hybridized carbons (Fsp3) is 0.864. The Morgan fingerprint density at radius 1 is 0.885 bits per heavy atom. The molecule has 0 aromatic rings. The number of Topliss-reactive ketones (excluding diaryl/α,β-unsaturated/α-hetero) is 1. The van der Waals surface area contributed by atoms with Crippen molar-refractivity contribution in [2.45, 2.75) is 110 Å². The molecule has 3 aliphatic heterocycles. The Labute approximate surface area is 159 Å². The van der Waals surface area contributed by atoms with Crippen LogP contribution in [-0.2, 0) is 9.53 Å². The number of carbonyl (C=O) groups is 1. The number of ether oxygens (including phenoxy) is 1. The van der Waals surface area contributed by atoms with Crippen molar-refractivity contribution in [3.63, 3.8) is 0 Å². The highest BCUT2D eigenvalue weighted by molar-refractivity contribution is 5.93. The van der Waals surface area contributed by atoms with Crippen LogP contribution in [0.5, 0.6) is 0 Å². The summed E-state index contributed by atoms with van der Waals surface area (Å²) >= 11 is 0. The SMILES string of the molecule is C[C@@H]1C(=O)[C@@]2(CCC3=C(O2)[C@@H](C)C(C)(C)NC3(C)C)C(C)(C)NC1(C)C. The van der Waals surface area contributed by atoms with E-state index in [2.05, 4.69) is 72.9 Å². The molecule has 4 nitrogen and oxygen atoms in total. The number of rotatable bonds is 0. The first-order valence-electron chi connectivity index (χ1n) is 10.1. The molecule has 2 N–H and O–H groups in total. The van der Waals surface area contributed by atoms with Gasteiger partial charge in [0.05, 0.1) is 5.54 Å². The van der Waals surface area contributed by atoms with Gasteiger partial charge in [-0.3, -0.25) is 4.79 Å². The largest absolute Gasteiger partial charge is 0.482 e. The fourth-order valence-electron chi connectivity index (χ4n) is 5.63. The molecule has 0 saturated carbocycles. The minimum absolute atomic E-state index is 0.0823. The van der Waals surface area contributed by atoms with Gasteiger partial charge in [-0.05, 0) is 67.4 Å². The average molecular weight is 363 g/mol. The Morgan fingerprint density at radius 3 is 2.00 bits per heavy atom. The van der Waals surface area contributed by atoms with Gasteiger partial charge in [-0.15, -0.1) is 0 Å². The third-order valence-corrected chi connectivity index (χ3v) is 7.69. The van der Waals surface area contributed by atoms with Gasteiger partial charge in [0.25, 0.3) is 0 Å². The molecule has 1 fully saturated rings. The topological polar surface area (TPSA) is 50.4 Å². The summed E-state index contributed by atoms with van der Waals surface area (Å²) in [5, 5.41) is 7.53. The van der Waals surface area contributed by atoms with E-state index in [0.717, 1.165) is 18.6 Å². The first-order valence-corrected chi connectivity index (χ1v) is 10.1. The second-order valence-corrected chi connectivity index (χ2v) is 11.0. The standard InChI is InChI=1S/C22H38N2O2/c1-13-16-15(20(7,8)23-18(13,3)4)11-12-22(26-16)17(25)14(2)19(5,6)24-21(22,9)10/h13-14,23-24H,11-12H2,1-10H3/t13-,14-,22+/m1/s1. The van der Waals surface area contributed by atoms with E-state index < -0.39 is 11.1 Å². The van der Waals surface area contributed by atoms with Gasteiger partial charge in [-0.1, -0.05) is 13.8 Å². The monoisotopic (exact) mass is 362 g/mol. The van der Waals surface area contributed by atoms with Gasteiger partial charge < -0.3 is 15.4 Å². The van der Waals surface area contributed by atoms with Gasteiger partial charge >= 0.3 is 0 Å². The van der Waals surface area contributed by atoms with Crippen molar-refractivity contribution in [2.75, 3.05) is 0 Å². The maximum atomic E-state index is 13.6. The Morgan fingerprint density at radius 2 is 1.42 bits per heavy atom. The van der Waals surface area contributed by atoms with E-state index in [1.165, 1.54) is 5.57 Å². The molecule has 0 aromatic carbocycles. The number of hydrogen-bond acceptors (Lipinski definition) is 4.